The van der Waals surface area contributed by atoms with E-state index in [1.165, 1.54) is 18.4 Å². The van der Waals surface area contributed by atoms with E-state index >= 15 is 0 Å². The van der Waals surface area contributed by atoms with Crippen molar-refractivity contribution in [2.75, 3.05) is 25.0 Å². The molecule has 0 atom stereocenters. The molecular weight excluding hydrogens is 222 g/mol. The van der Waals surface area contributed by atoms with Crippen molar-refractivity contribution in [2.24, 2.45) is 5.41 Å². The average molecular weight is 247 g/mol. The summed E-state index contributed by atoms with van der Waals surface area (Å²) in [6.07, 6.45) is 2.59. The van der Waals surface area contributed by atoms with Gasteiger partial charge in [0.2, 0.25) is 0 Å². The lowest BCUT2D eigenvalue weighted by molar-refractivity contribution is 0.292. The Morgan fingerprint density at radius 1 is 1.39 bits per heavy atom. The highest BCUT2D eigenvalue weighted by atomic mass is 15.2. The lowest BCUT2D eigenvalue weighted by atomic mass is 9.84. The Labute approximate surface area is 111 Å². The monoisotopic (exact) mass is 247 g/mol. The van der Waals surface area contributed by atoms with E-state index in [0.717, 1.165) is 31.1 Å². The van der Waals surface area contributed by atoms with Crippen LogP contribution >= 0.6 is 0 Å². The fraction of sp³-hybridized carbons (Fsp3) is 0.667. The van der Waals surface area contributed by atoms with E-state index < -0.39 is 0 Å². The maximum atomic E-state index is 4.70. The number of pyridine rings is 1. The Hall–Kier alpha value is -1.09. The normalized spacial score (nSPS) is 19.0. The number of anilines is 1. The molecule has 0 aliphatic carbocycles. The van der Waals surface area contributed by atoms with Crippen molar-refractivity contribution in [3.63, 3.8) is 0 Å². The van der Waals surface area contributed by atoms with E-state index in [2.05, 4.69) is 43.1 Å². The highest BCUT2D eigenvalue weighted by molar-refractivity contribution is 5.43. The molecule has 0 saturated carbocycles. The van der Waals surface area contributed by atoms with Crippen LogP contribution < -0.4 is 10.2 Å². The van der Waals surface area contributed by atoms with E-state index in [9.17, 15) is 0 Å². The summed E-state index contributed by atoms with van der Waals surface area (Å²) in [5.74, 6) is 1.15. The fourth-order valence-electron chi connectivity index (χ4n) is 2.81. The van der Waals surface area contributed by atoms with Gasteiger partial charge in [0.25, 0.3) is 0 Å². The predicted molar refractivity (Wildman–Crippen MR) is 77.0 cm³/mol. The molecular formula is C15H25N3. The number of aromatic nitrogens is 1. The highest BCUT2D eigenvalue weighted by Crippen LogP contribution is 2.31. The molecule has 1 aromatic rings. The maximum Gasteiger partial charge on any atom is 0.129 e. The molecule has 3 heteroatoms. The molecule has 0 aromatic carbocycles. The average Bonchev–Trinajstić information content (AvgIpc) is 2.27. The molecule has 0 radical (unpaired) electrons. The van der Waals surface area contributed by atoms with Crippen molar-refractivity contribution in [1.29, 1.82) is 0 Å². The molecule has 0 unspecified atom stereocenters. The number of aryl methyl sites for hydroxylation is 1. The molecule has 0 spiro atoms. The molecule has 1 aromatic heterocycles. The number of rotatable bonds is 3. The summed E-state index contributed by atoms with van der Waals surface area (Å²) in [6, 6.07) is 4.39. The Bertz CT molecular complexity index is 412. The second-order valence-electron chi connectivity index (χ2n) is 6.19. The van der Waals surface area contributed by atoms with Gasteiger partial charge in [0.05, 0.1) is 0 Å². The van der Waals surface area contributed by atoms with Crippen molar-refractivity contribution >= 4 is 5.82 Å². The van der Waals surface area contributed by atoms with Crippen LogP contribution in [0.5, 0.6) is 0 Å². The molecule has 100 valence electrons. The molecule has 3 nitrogen and oxygen atoms in total. The summed E-state index contributed by atoms with van der Waals surface area (Å²) in [5, 5.41) is 3.21. The third-order valence-electron chi connectivity index (χ3n) is 3.61. The van der Waals surface area contributed by atoms with Gasteiger partial charge in [-0.15, -0.1) is 0 Å². The molecule has 2 rings (SSSR count). The number of hydrogen-bond acceptors (Lipinski definition) is 3. The van der Waals surface area contributed by atoms with Crippen LogP contribution in [0.2, 0.25) is 0 Å². The van der Waals surface area contributed by atoms with Gasteiger partial charge in [-0.2, -0.15) is 0 Å². The Kier molecular flexibility index (Phi) is 3.91. The van der Waals surface area contributed by atoms with E-state index in [4.69, 9.17) is 4.98 Å². The summed E-state index contributed by atoms with van der Waals surface area (Å²) in [7, 11) is 1.99. The van der Waals surface area contributed by atoms with Gasteiger partial charge in [0.15, 0.2) is 0 Å². The molecule has 1 aliphatic rings. The minimum Gasteiger partial charge on any atom is -0.356 e. The number of nitrogens with zero attached hydrogens (tertiary/aromatic N) is 2. The van der Waals surface area contributed by atoms with Crippen LogP contribution in [-0.4, -0.2) is 25.1 Å². The SMILES string of the molecule is CNCc1cc(C)nc(N2CCCC(C)(C)C2)c1. The van der Waals surface area contributed by atoms with E-state index in [1.807, 2.05) is 7.05 Å². The lowest BCUT2D eigenvalue weighted by Gasteiger charge is -2.39. The van der Waals surface area contributed by atoms with Gasteiger partial charge in [-0.1, -0.05) is 13.8 Å². The number of hydrogen-bond donors (Lipinski definition) is 1. The fourth-order valence-corrected chi connectivity index (χ4v) is 2.81. The number of nitrogens with one attached hydrogen (secondary N) is 1. The molecule has 18 heavy (non-hydrogen) atoms. The molecule has 0 amide bonds. The van der Waals surface area contributed by atoms with Crippen molar-refractivity contribution in [2.45, 2.75) is 40.2 Å². The molecule has 1 N–H and O–H groups in total. The topological polar surface area (TPSA) is 28.2 Å². The molecule has 0 bridgehead atoms. The van der Waals surface area contributed by atoms with Crippen LogP contribution in [0, 0.1) is 12.3 Å². The van der Waals surface area contributed by atoms with Gasteiger partial charge in [0.1, 0.15) is 5.82 Å². The third kappa shape index (κ3) is 3.22. The summed E-state index contributed by atoms with van der Waals surface area (Å²) in [4.78, 5) is 7.14. The van der Waals surface area contributed by atoms with Gasteiger partial charge in [0, 0.05) is 25.3 Å². The zero-order chi connectivity index (χ0) is 13.2. The van der Waals surface area contributed by atoms with E-state index in [0.29, 0.717) is 5.41 Å². The predicted octanol–water partition coefficient (Wildman–Crippen LogP) is 2.74. The van der Waals surface area contributed by atoms with Crippen molar-refractivity contribution in [1.82, 2.24) is 10.3 Å². The summed E-state index contributed by atoms with van der Waals surface area (Å²) in [5.41, 5.74) is 2.84. The largest absolute Gasteiger partial charge is 0.356 e. The zero-order valence-electron chi connectivity index (χ0n) is 12.1. The molecule has 1 aliphatic heterocycles. The van der Waals surface area contributed by atoms with Crippen LogP contribution in [0.3, 0.4) is 0 Å². The minimum absolute atomic E-state index is 0.410. The van der Waals surface area contributed by atoms with Crippen molar-refractivity contribution < 1.29 is 0 Å². The highest BCUT2D eigenvalue weighted by Gasteiger charge is 2.27. The first kappa shape index (κ1) is 13.3. The first-order valence-electron chi connectivity index (χ1n) is 6.87. The summed E-state index contributed by atoms with van der Waals surface area (Å²) < 4.78 is 0. The van der Waals surface area contributed by atoms with E-state index in [-0.39, 0.29) is 0 Å². The van der Waals surface area contributed by atoms with Gasteiger partial charge in [-0.05, 0) is 49.9 Å². The smallest absolute Gasteiger partial charge is 0.129 e. The van der Waals surface area contributed by atoms with Crippen molar-refractivity contribution in [3.05, 3.63) is 23.4 Å². The van der Waals surface area contributed by atoms with Gasteiger partial charge in [-0.3, -0.25) is 0 Å². The van der Waals surface area contributed by atoms with Crippen LogP contribution in [0.4, 0.5) is 5.82 Å². The van der Waals surface area contributed by atoms with Crippen LogP contribution in [-0.2, 0) is 6.54 Å². The van der Waals surface area contributed by atoms with Crippen LogP contribution in [0.15, 0.2) is 12.1 Å². The zero-order valence-corrected chi connectivity index (χ0v) is 12.1. The first-order valence-corrected chi connectivity index (χ1v) is 6.87. The Morgan fingerprint density at radius 3 is 2.83 bits per heavy atom. The molecule has 1 saturated heterocycles. The van der Waals surface area contributed by atoms with Crippen LogP contribution in [0.1, 0.15) is 37.9 Å². The third-order valence-corrected chi connectivity index (χ3v) is 3.61. The minimum atomic E-state index is 0.410. The summed E-state index contributed by atoms with van der Waals surface area (Å²) in [6.45, 7) is 9.94. The second kappa shape index (κ2) is 5.27. The molecule has 1 fully saturated rings. The van der Waals surface area contributed by atoms with Gasteiger partial charge in [-0.25, -0.2) is 4.98 Å². The second-order valence-corrected chi connectivity index (χ2v) is 6.19. The standard InChI is InChI=1S/C15H25N3/c1-12-8-13(10-16-4)9-14(17-12)18-7-5-6-15(2,3)11-18/h8-9,16H,5-7,10-11H2,1-4H3. The Balaban J connectivity index is 2.21. The van der Waals surface area contributed by atoms with E-state index in [1.54, 1.807) is 0 Å². The van der Waals surface area contributed by atoms with Gasteiger partial charge >= 0.3 is 0 Å². The summed E-state index contributed by atoms with van der Waals surface area (Å²) >= 11 is 0. The van der Waals surface area contributed by atoms with Crippen LogP contribution in [0.25, 0.3) is 0 Å². The number of piperidine rings is 1. The van der Waals surface area contributed by atoms with Gasteiger partial charge < -0.3 is 10.2 Å². The lowest BCUT2D eigenvalue weighted by Crippen LogP contribution is -2.40. The maximum absolute atomic E-state index is 4.70. The van der Waals surface area contributed by atoms with Crippen molar-refractivity contribution in [3.8, 4) is 0 Å². The first-order chi connectivity index (χ1) is 8.50. The molecule has 2 heterocycles. The quantitative estimate of drug-likeness (QED) is 0.890. The Morgan fingerprint density at radius 2 is 2.17 bits per heavy atom.